The zero-order valence-electron chi connectivity index (χ0n) is 12.5. The van der Waals surface area contributed by atoms with E-state index in [1.54, 1.807) is 6.07 Å². The molecule has 1 fully saturated rings. The van der Waals surface area contributed by atoms with E-state index in [0.29, 0.717) is 20.5 Å². The summed E-state index contributed by atoms with van der Waals surface area (Å²) in [6, 6.07) is 4.53. The number of nitrogens with one attached hydrogen (secondary N) is 2. The molecule has 1 aromatic heterocycles. The molecule has 5 radical (unpaired) electrons. The van der Waals surface area contributed by atoms with Crippen LogP contribution in [0.2, 0.25) is 0 Å². The average Bonchev–Trinajstić information content (AvgIpc) is 3.20. The molecule has 2 N–H and O–H groups in total. The van der Waals surface area contributed by atoms with Crippen LogP contribution in [-0.2, 0) is 0 Å². The molecule has 24 heavy (non-hydrogen) atoms. The number of hydrogen-bond donors (Lipinski definition) is 2. The van der Waals surface area contributed by atoms with Gasteiger partial charge in [0.05, 0.1) is 15.1 Å². The molecule has 2 aromatic rings. The third-order valence-corrected chi connectivity index (χ3v) is 4.34. The monoisotopic (exact) mass is 358 g/mol. The Morgan fingerprint density at radius 3 is 2.83 bits per heavy atom. The number of rotatable bonds is 4. The van der Waals surface area contributed by atoms with E-state index in [4.69, 9.17) is 12.2 Å². The van der Waals surface area contributed by atoms with Crippen LogP contribution in [0.15, 0.2) is 23.3 Å². The Balaban J connectivity index is 1.64. The molecule has 0 atom stereocenters. The van der Waals surface area contributed by atoms with Gasteiger partial charge in [-0.3, -0.25) is 15.5 Å². The Bertz CT molecular complexity index is 811. The maximum Gasteiger partial charge on any atom is 0.270 e. The second-order valence-corrected chi connectivity index (χ2v) is 6.30. The van der Waals surface area contributed by atoms with E-state index < -0.39 is 4.92 Å². The minimum atomic E-state index is -0.431. The SMILES string of the molecule is C/C(=N\NC(=S)Nc1nc2ccc([N+](=O)[O-])cc2s1)[C]1[CH][CH][CH][CH]1. The predicted molar refractivity (Wildman–Crippen MR) is 99.2 cm³/mol. The molecule has 1 aromatic carbocycles. The summed E-state index contributed by atoms with van der Waals surface area (Å²) in [6.07, 6.45) is 7.78. The molecule has 7 nitrogen and oxygen atoms in total. The summed E-state index contributed by atoms with van der Waals surface area (Å²) < 4.78 is 0.714. The normalized spacial score (nSPS) is 15.6. The number of nitro groups is 1. The summed E-state index contributed by atoms with van der Waals surface area (Å²) in [6.45, 7) is 1.88. The van der Waals surface area contributed by atoms with Crippen LogP contribution in [0.1, 0.15) is 6.92 Å². The van der Waals surface area contributed by atoms with E-state index in [9.17, 15) is 10.1 Å². The summed E-state index contributed by atoms with van der Waals surface area (Å²) in [5.74, 6) is 1.01. The summed E-state index contributed by atoms with van der Waals surface area (Å²) in [4.78, 5) is 14.7. The highest BCUT2D eigenvalue weighted by Gasteiger charge is 2.19. The maximum absolute atomic E-state index is 10.8. The summed E-state index contributed by atoms with van der Waals surface area (Å²) in [5, 5.41) is 18.8. The number of thiazole rings is 1. The minimum absolute atomic E-state index is 0.0355. The fourth-order valence-electron chi connectivity index (χ4n) is 2.02. The van der Waals surface area contributed by atoms with Crippen molar-refractivity contribution >= 4 is 55.4 Å². The molecule has 1 saturated carbocycles. The fourth-order valence-corrected chi connectivity index (χ4v) is 3.13. The van der Waals surface area contributed by atoms with Crippen LogP contribution < -0.4 is 10.7 Å². The summed E-state index contributed by atoms with van der Waals surface area (Å²) in [5.41, 5.74) is 4.28. The van der Waals surface area contributed by atoms with E-state index in [1.807, 2.05) is 32.6 Å². The molecule has 1 aliphatic rings. The van der Waals surface area contributed by atoms with E-state index >= 15 is 0 Å². The Kier molecular flexibility index (Phi) is 5.00. The number of non-ortho nitro benzene ring substituents is 1. The molecule has 0 unspecified atom stereocenters. The molecule has 9 heteroatoms. The Morgan fingerprint density at radius 1 is 1.38 bits per heavy atom. The van der Waals surface area contributed by atoms with Gasteiger partial charge >= 0.3 is 0 Å². The molecule has 0 aliphatic heterocycles. The lowest BCUT2D eigenvalue weighted by atomic mass is 10.0. The first-order valence-corrected chi connectivity index (χ1v) is 8.14. The first-order chi connectivity index (χ1) is 11.5. The zero-order chi connectivity index (χ0) is 17.1. The molecule has 121 valence electrons. The number of nitro benzene ring substituents is 1. The van der Waals surface area contributed by atoms with Crippen molar-refractivity contribution in [1.82, 2.24) is 10.4 Å². The van der Waals surface area contributed by atoms with E-state index in [1.165, 1.54) is 23.5 Å². The van der Waals surface area contributed by atoms with Gasteiger partial charge in [-0.15, -0.1) is 0 Å². The molecule has 1 aliphatic carbocycles. The average molecular weight is 358 g/mol. The van der Waals surface area contributed by atoms with Gasteiger partial charge in [0, 0.05) is 23.8 Å². The van der Waals surface area contributed by atoms with Gasteiger partial charge in [0.15, 0.2) is 10.2 Å². The third kappa shape index (κ3) is 3.85. The minimum Gasteiger partial charge on any atom is -0.307 e. The number of anilines is 1. The summed E-state index contributed by atoms with van der Waals surface area (Å²) in [7, 11) is 0. The molecular formula is C15H12N5O2S2. The van der Waals surface area contributed by atoms with Gasteiger partial charge in [-0.2, -0.15) is 5.10 Å². The van der Waals surface area contributed by atoms with Crippen LogP contribution in [0, 0.1) is 41.7 Å². The van der Waals surface area contributed by atoms with Gasteiger partial charge < -0.3 is 5.32 Å². The number of benzene rings is 1. The van der Waals surface area contributed by atoms with Crippen molar-refractivity contribution < 1.29 is 4.92 Å². The van der Waals surface area contributed by atoms with Crippen LogP contribution in [0.5, 0.6) is 0 Å². The largest absolute Gasteiger partial charge is 0.307 e. The number of aromatic nitrogens is 1. The first-order valence-electron chi connectivity index (χ1n) is 6.91. The number of hydrazone groups is 1. The highest BCUT2D eigenvalue weighted by molar-refractivity contribution is 7.80. The van der Waals surface area contributed by atoms with Crippen LogP contribution in [0.25, 0.3) is 10.2 Å². The molecular weight excluding hydrogens is 346 g/mol. The highest BCUT2D eigenvalue weighted by Crippen LogP contribution is 2.29. The quantitative estimate of drug-likeness (QED) is 0.377. The second kappa shape index (κ2) is 7.18. The van der Waals surface area contributed by atoms with Gasteiger partial charge in [0.2, 0.25) is 0 Å². The van der Waals surface area contributed by atoms with Crippen molar-refractivity contribution in [2.75, 3.05) is 5.32 Å². The van der Waals surface area contributed by atoms with E-state index in [2.05, 4.69) is 20.8 Å². The van der Waals surface area contributed by atoms with Gasteiger partial charge in [-0.05, 0) is 50.9 Å². The fraction of sp³-hybridized carbons (Fsp3) is 0.0667. The summed E-state index contributed by atoms with van der Waals surface area (Å²) >= 11 is 6.47. The van der Waals surface area contributed by atoms with Crippen LogP contribution in [0.4, 0.5) is 10.8 Å². The molecule has 0 amide bonds. The van der Waals surface area contributed by atoms with Crippen molar-refractivity contribution in [1.29, 1.82) is 0 Å². The van der Waals surface area contributed by atoms with Gasteiger partial charge in [-0.1, -0.05) is 11.3 Å². The zero-order valence-corrected chi connectivity index (χ0v) is 14.1. The van der Waals surface area contributed by atoms with Crippen molar-refractivity contribution in [3.63, 3.8) is 0 Å². The highest BCUT2D eigenvalue weighted by atomic mass is 32.1. The van der Waals surface area contributed by atoms with Crippen molar-refractivity contribution in [3.8, 4) is 0 Å². The van der Waals surface area contributed by atoms with Crippen molar-refractivity contribution in [2.24, 2.45) is 5.10 Å². The smallest absolute Gasteiger partial charge is 0.270 e. The Morgan fingerprint density at radius 2 is 2.12 bits per heavy atom. The second-order valence-electron chi connectivity index (χ2n) is 4.86. The number of hydrogen-bond acceptors (Lipinski definition) is 6. The van der Waals surface area contributed by atoms with Crippen molar-refractivity contribution in [2.45, 2.75) is 6.92 Å². The molecule has 0 saturated heterocycles. The Labute approximate surface area is 148 Å². The standard InChI is InChI=1S/C15H12N5O2S2/c1-9(10-4-2-3-5-10)18-19-14(23)17-15-16-12-7-6-11(20(21)22)8-13(12)24-15/h2-8H,1H3,(H2,16,17,19,23)/b18-9+. The lowest BCUT2D eigenvalue weighted by Crippen LogP contribution is -2.25. The van der Waals surface area contributed by atoms with Crippen molar-refractivity contribution in [3.05, 3.63) is 59.9 Å². The van der Waals surface area contributed by atoms with Gasteiger partial charge in [0.1, 0.15) is 0 Å². The topological polar surface area (TPSA) is 92.5 Å². The molecule has 0 bridgehead atoms. The number of nitrogens with zero attached hydrogens (tertiary/aromatic N) is 3. The van der Waals surface area contributed by atoms with E-state index in [0.717, 1.165) is 11.6 Å². The third-order valence-electron chi connectivity index (χ3n) is 3.21. The maximum atomic E-state index is 10.8. The number of fused-ring (bicyclic) bond motifs is 1. The van der Waals surface area contributed by atoms with Crippen LogP contribution in [0.3, 0.4) is 0 Å². The first kappa shape index (κ1) is 16.7. The van der Waals surface area contributed by atoms with Crippen LogP contribution in [-0.4, -0.2) is 20.7 Å². The van der Waals surface area contributed by atoms with Gasteiger partial charge in [0.25, 0.3) is 5.69 Å². The predicted octanol–water partition coefficient (Wildman–Crippen LogP) is 3.27. The van der Waals surface area contributed by atoms with E-state index in [-0.39, 0.29) is 5.69 Å². The Hall–Kier alpha value is -2.13. The molecule has 1 heterocycles. The van der Waals surface area contributed by atoms with Crippen LogP contribution >= 0.6 is 23.6 Å². The number of thiocarbonyl (C=S) groups is 1. The lowest BCUT2D eigenvalue weighted by molar-refractivity contribution is -0.384. The van der Waals surface area contributed by atoms with Gasteiger partial charge in [-0.25, -0.2) is 4.98 Å². The lowest BCUT2D eigenvalue weighted by Gasteiger charge is -2.08. The molecule has 0 spiro atoms. The molecule has 3 rings (SSSR count).